The van der Waals surface area contributed by atoms with Crippen LogP contribution in [0.5, 0.6) is 0 Å². The van der Waals surface area contributed by atoms with Crippen molar-refractivity contribution < 1.29 is 4.74 Å². The van der Waals surface area contributed by atoms with Crippen LogP contribution in [0.25, 0.3) is 0 Å². The van der Waals surface area contributed by atoms with Gasteiger partial charge < -0.3 is 19.5 Å². The summed E-state index contributed by atoms with van der Waals surface area (Å²) >= 11 is 5.67. The lowest BCUT2D eigenvalue weighted by Crippen LogP contribution is -2.33. The molecule has 134 valence electrons. The molecule has 0 amide bonds. The minimum atomic E-state index is 0.0450. The highest BCUT2D eigenvalue weighted by Crippen LogP contribution is 2.39. The molecule has 2 atom stereocenters. The number of methoxy groups -OCH3 is 1. The molecule has 0 radical (unpaired) electrons. The van der Waals surface area contributed by atoms with E-state index in [1.165, 1.54) is 5.69 Å². The van der Waals surface area contributed by atoms with Gasteiger partial charge in [-0.25, -0.2) is 0 Å². The van der Waals surface area contributed by atoms with Crippen LogP contribution < -0.4 is 5.32 Å². The minimum absolute atomic E-state index is 0.0450. The third-order valence-electron chi connectivity index (χ3n) is 4.46. The lowest BCUT2D eigenvalue weighted by Gasteiger charge is -2.30. The number of ether oxygens (including phenoxy) is 1. The van der Waals surface area contributed by atoms with Gasteiger partial charge in [-0.3, -0.25) is 4.98 Å². The standard InChI is InChI=1S/C19H26N4OS/c1-14(2)13-23-18(16-8-6-10-22(16)11-12-24-3)17(21-19(23)25)15-7-4-5-9-20-15/h4-10,14,17-18H,11-13H2,1-3H3,(H,21,25)/t17-,18-/m0/s1. The summed E-state index contributed by atoms with van der Waals surface area (Å²) in [6, 6.07) is 10.5. The Morgan fingerprint density at radius 3 is 2.80 bits per heavy atom. The third-order valence-corrected chi connectivity index (χ3v) is 4.82. The van der Waals surface area contributed by atoms with E-state index in [9.17, 15) is 0 Å². The van der Waals surface area contributed by atoms with E-state index in [-0.39, 0.29) is 12.1 Å². The number of rotatable bonds is 7. The average Bonchev–Trinajstić information content (AvgIpc) is 3.18. The fourth-order valence-corrected chi connectivity index (χ4v) is 3.72. The first kappa shape index (κ1) is 17.9. The number of nitrogens with zero attached hydrogens (tertiary/aromatic N) is 3. The number of nitrogens with one attached hydrogen (secondary N) is 1. The Morgan fingerprint density at radius 2 is 2.12 bits per heavy atom. The summed E-state index contributed by atoms with van der Waals surface area (Å²) < 4.78 is 7.53. The Morgan fingerprint density at radius 1 is 1.28 bits per heavy atom. The van der Waals surface area contributed by atoms with E-state index in [2.05, 4.69) is 58.0 Å². The summed E-state index contributed by atoms with van der Waals surface area (Å²) in [5.41, 5.74) is 2.25. The topological polar surface area (TPSA) is 42.3 Å². The van der Waals surface area contributed by atoms with E-state index in [1.807, 2.05) is 18.3 Å². The Bertz CT molecular complexity index is 700. The lowest BCUT2D eigenvalue weighted by molar-refractivity contribution is 0.183. The second kappa shape index (κ2) is 7.97. The van der Waals surface area contributed by atoms with E-state index in [4.69, 9.17) is 17.0 Å². The van der Waals surface area contributed by atoms with Crippen molar-refractivity contribution >= 4 is 17.3 Å². The van der Waals surface area contributed by atoms with Crippen molar-refractivity contribution in [3.05, 3.63) is 54.1 Å². The second-order valence-electron chi connectivity index (χ2n) is 6.79. The number of thiocarbonyl (C=S) groups is 1. The van der Waals surface area contributed by atoms with Gasteiger partial charge in [-0.2, -0.15) is 0 Å². The van der Waals surface area contributed by atoms with Crippen LogP contribution in [-0.2, 0) is 11.3 Å². The third kappa shape index (κ3) is 3.85. The Labute approximate surface area is 155 Å². The lowest BCUT2D eigenvalue weighted by atomic mass is 10.0. The van der Waals surface area contributed by atoms with E-state index in [0.29, 0.717) is 12.5 Å². The maximum atomic E-state index is 5.67. The van der Waals surface area contributed by atoms with Crippen LogP contribution in [-0.4, -0.2) is 39.8 Å². The van der Waals surface area contributed by atoms with Crippen molar-refractivity contribution in [3.63, 3.8) is 0 Å². The van der Waals surface area contributed by atoms with E-state index < -0.39 is 0 Å². The van der Waals surface area contributed by atoms with Crippen molar-refractivity contribution in [2.45, 2.75) is 32.5 Å². The first-order chi connectivity index (χ1) is 12.1. The molecular weight excluding hydrogens is 332 g/mol. The van der Waals surface area contributed by atoms with Gasteiger partial charge in [0.25, 0.3) is 0 Å². The van der Waals surface area contributed by atoms with Gasteiger partial charge in [-0.1, -0.05) is 19.9 Å². The summed E-state index contributed by atoms with van der Waals surface area (Å²) in [5.74, 6) is 0.520. The van der Waals surface area contributed by atoms with Gasteiger partial charge in [0.2, 0.25) is 0 Å². The van der Waals surface area contributed by atoms with Crippen molar-refractivity contribution in [1.82, 2.24) is 19.8 Å². The summed E-state index contributed by atoms with van der Waals surface area (Å²) in [4.78, 5) is 6.88. The predicted molar refractivity (Wildman–Crippen MR) is 103 cm³/mol. The number of hydrogen-bond donors (Lipinski definition) is 1. The largest absolute Gasteiger partial charge is 0.383 e. The molecule has 25 heavy (non-hydrogen) atoms. The number of hydrogen-bond acceptors (Lipinski definition) is 3. The summed E-state index contributed by atoms with van der Waals surface area (Å²) in [5, 5.41) is 4.30. The molecule has 0 aliphatic carbocycles. The molecule has 1 aliphatic heterocycles. The van der Waals surface area contributed by atoms with Crippen LogP contribution in [0.1, 0.15) is 37.3 Å². The molecule has 6 heteroatoms. The average molecular weight is 359 g/mol. The molecule has 1 saturated heterocycles. The summed E-state index contributed by atoms with van der Waals surface area (Å²) in [7, 11) is 1.73. The van der Waals surface area contributed by atoms with Gasteiger partial charge >= 0.3 is 0 Å². The minimum Gasteiger partial charge on any atom is -0.383 e. The van der Waals surface area contributed by atoms with Crippen LogP contribution in [0.2, 0.25) is 0 Å². The van der Waals surface area contributed by atoms with Crippen molar-refractivity contribution in [3.8, 4) is 0 Å². The Hall–Kier alpha value is -1.92. The fourth-order valence-electron chi connectivity index (χ4n) is 3.41. The molecule has 0 unspecified atom stereocenters. The molecule has 1 N–H and O–H groups in total. The van der Waals surface area contributed by atoms with Gasteiger partial charge in [0.15, 0.2) is 5.11 Å². The van der Waals surface area contributed by atoms with Crippen molar-refractivity contribution in [2.24, 2.45) is 5.92 Å². The van der Waals surface area contributed by atoms with E-state index in [0.717, 1.165) is 23.9 Å². The first-order valence-corrected chi connectivity index (χ1v) is 9.14. The maximum Gasteiger partial charge on any atom is 0.170 e. The first-order valence-electron chi connectivity index (χ1n) is 8.74. The molecule has 0 saturated carbocycles. The second-order valence-corrected chi connectivity index (χ2v) is 7.18. The number of pyridine rings is 1. The van der Waals surface area contributed by atoms with Gasteiger partial charge in [0, 0.05) is 38.3 Å². The Balaban J connectivity index is 1.99. The van der Waals surface area contributed by atoms with Crippen LogP contribution >= 0.6 is 12.2 Å². The van der Waals surface area contributed by atoms with Gasteiger partial charge in [-0.15, -0.1) is 0 Å². The molecular formula is C19H26N4OS. The monoisotopic (exact) mass is 358 g/mol. The van der Waals surface area contributed by atoms with E-state index >= 15 is 0 Å². The number of aromatic nitrogens is 2. The molecule has 2 aromatic rings. The van der Waals surface area contributed by atoms with Crippen LogP contribution in [0.3, 0.4) is 0 Å². The van der Waals surface area contributed by atoms with Gasteiger partial charge in [0.05, 0.1) is 24.4 Å². The van der Waals surface area contributed by atoms with Crippen LogP contribution in [0, 0.1) is 5.92 Å². The summed E-state index contributed by atoms with van der Waals surface area (Å²) in [6.45, 7) is 6.86. The highest BCUT2D eigenvalue weighted by molar-refractivity contribution is 7.80. The highest BCUT2D eigenvalue weighted by Gasteiger charge is 2.41. The Kier molecular flexibility index (Phi) is 5.71. The zero-order chi connectivity index (χ0) is 17.8. The van der Waals surface area contributed by atoms with Gasteiger partial charge in [0.1, 0.15) is 0 Å². The quantitative estimate of drug-likeness (QED) is 0.770. The SMILES string of the molecule is COCCn1cccc1[C@H]1[C@H](c2ccccn2)NC(=S)N1CC(C)C. The zero-order valence-electron chi connectivity index (χ0n) is 15.1. The van der Waals surface area contributed by atoms with Crippen LogP contribution in [0.4, 0.5) is 0 Å². The smallest absolute Gasteiger partial charge is 0.170 e. The molecule has 1 aliphatic rings. The predicted octanol–water partition coefficient (Wildman–Crippen LogP) is 3.16. The molecule has 0 spiro atoms. The molecule has 5 nitrogen and oxygen atoms in total. The van der Waals surface area contributed by atoms with Crippen molar-refractivity contribution in [2.75, 3.05) is 20.3 Å². The zero-order valence-corrected chi connectivity index (χ0v) is 15.9. The highest BCUT2D eigenvalue weighted by atomic mass is 32.1. The molecule has 3 rings (SSSR count). The molecule has 3 heterocycles. The van der Waals surface area contributed by atoms with E-state index in [1.54, 1.807) is 7.11 Å². The molecule has 0 aromatic carbocycles. The van der Waals surface area contributed by atoms with Crippen molar-refractivity contribution in [1.29, 1.82) is 0 Å². The normalized spacial score (nSPS) is 20.3. The molecule has 1 fully saturated rings. The van der Waals surface area contributed by atoms with Gasteiger partial charge in [-0.05, 0) is 42.4 Å². The maximum absolute atomic E-state index is 5.67. The molecule has 0 bridgehead atoms. The van der Waals surface area contributed by atoms with Crippen LogP contribution in [0.15, 0.2) is 42.7 Å². The summed E-state index contributed by atoms with van der Waals surface area (Å²) in [6.07, 6.45) is 3.95. The molecule has 2 aromatic heterocycles. The fraction of sp³-hybridized carbons (Fsp3) is 0.474.